The van der Waals surface area contributed by atoms with Crippen molar-refractivity contribution < 1.29 is 9.53 Å². The maximum Gasteiger partial charge on any atom is 0.227 e. The van der Waals surface area contributed by atoms with Gasteiger partial charge < -0.3 is 19.9 Å². The van der Waals surface area contributed by atoms with E-state index < -0.39 is 0 Å². The minimum Gasteiger partial charge on any atom is -0.489 e. The van der Waals surface area contributed by atoms with E-state index in [4.69, 9.17) is 21.3 Å². The van der Waals surface area contributed by atoms with Crippen molar-refractivity contribution in [2.75, 3.05) is 29.9 Å². The van der Waals surface area contributed by atoms with E-state index in [1.807, 2.05) is 31.2 Å². The molecule has 1 N–H and O–H groups in total. The smallest absolute Gasteiger partial charge is 0.227 e. The number of hydrogen-bond acceptors (Lipinski definition) is 6. The summed E-state index contributed by atoms with van der Waals surface area (Å²) in [4.78, 5) is 24.8. The molecular weight excluding hydrogens is 414 g/mol. The Hall–Kier alpha value is -2.54. The van der Waals surface area contributed by atoms with Crippen molar-refractivity contribution in [3.8, 4) is 5.75 Å². The number of ether oxygens (including phenoxy) is 1. The first kappa shape index (κ1) is 21.7. The van der Waals surface area contributed by atoms with E-state index in [-0.39, 0.29) is 18.1 Å². The Bertz CT molecular complexity index is 919. The van der Waals surface area contributed by atoms with Crippen LogP contribution in [0, 0.1) is 0 Å². The van der Waals surface area contributed by atoms with Crippen LogP contribution in [-0.4, -0.2) is 48.2 Å². The average Bonchev–Trinajstić information content (AvgIpc) is 3.15. The van der Waals surface area contributed by atoms with Gasteiger partial charge >= 0.3 is 0 Å². The first-order valence-electron chi connectivity index (χ1n) is 10.9. The normalized spacial score (nSPS) is 19.6. The van der Waals surface area contributed by atoms with Crippen molar-refractivity contribution in [3.05, 3.63) is 41.0 Å². The standard InChI is InChI=1S/C23H30ClN5O2/c1-15(26-16(2)30)17-7-9-19(10-8-17)31-20-11-12-29(14-20)22-21(24)13-25-23(27-22)28(3)18-5-4-6-18/h7-10,13,15,18,20H,4-6,11-12,14H2,1-3H3,(H,26,30)/t15-,20+/m0/s1. The van der Waals surface area contributed by atoms with Crippen molar-refractivity contribution in [2.24, 2.45) is 0 Å². The lowest BCUT2D eigenvalue weighted by molar-refractivity contribution is -0.119. The molecular formula is C23H30ClN5O2. The number of halogens is 1. The first-order valence-corrected chi connectivity index (χ1v) is 11.3. The zero-order valence-electron chi connectivity index (χ0n) is 18.3. The van der Waals surface area contributed by atoms with Gasteiger partial charge in [0.2, 0.25) is 11.9 Å². The molecule has 1 aromatic carbocycles. The molecule has 2 atom stereocenters. The van der Waals surface area contributed by atoms with Gasteiger partial charge in [-0.3, -0.25) is 4.79 Å². The van der Waals surface area contributed by atoms with E-state index >= 15 is 0 Å². The molecule has 1 saturated carbocycles. The molecule has 0 radical (unpaired) electrons. The van der Waals surface area contributed by atoms with E-state index in [1.165, 1.54) is 26.2 Å². The summed E-state index contributed by atoms with van der Waals surface area (Å²) < 4.78 is 6.20. The van der Waals surface area contributed by atoms with Crippen LogP contribution in [0.15, 0.2) is 30.5 Å². The van der Waals surface area contributed by atoms with Crippen LogP contribution in [0.25, 0.3) is 0 Å². The van der Waals surface area contributed by atoms with Crippen LogP contribution in [0.1, 0.15) is 51.1 Å². The number of benzene rings is 1. The predicted molar refractivity (Wildman–Crippen MR) is 123 cm³/mol. The summed E-state index contributed by atoms with van der Waals surface area (Å²) in [6.07, 6.45) is 6.33. The molecule has 2 heterocycles. The van der Waals surface area contributed by atoms with Crippen LogP contribution in [0.5, 0.6) is 5.75 Å². The molecule has 0 bridgehead atoms. The minimum absolute atomic E-state index is 0.0271. The lowest BCUT2D eigenvalue weighted by atomic mass is 9.92. The van der Waals surface area contributed by atoms with E-state index in [0.29, 0.717) is 11.1 Å². The Balaban J connectivity index is 1.38. The maximum absolute atomic E-state index is 11.2. The van der Waals surface area contributed by atoms with Gasteiger partial charge in [0.25, 0.3) is 0 Å². The Kier molecular flexibility index (Phi) is 6.51. The third kappa shape index (κ3) is 5.03. The zero-order valence-corrected chi connectivity index (χ0v) is 19.1. The zero-order chi connectivity index (χ0) is 22.0. The second-order valence-corrected chi connectivity index (χ2v) is 8.91. The highest BCUT2D eigenvalue weighted by molar-refractivity contribution is 6.32. The molecule has 1 amide bonds. The Labute approximate surface area is 188 Å². The molecule has 0 unspecified atom stereocenters. The van der Waals surface area contributed by atoms with E-state index in [1.54, 1.807) is 6.20 Å². The van der Waals surface area contributed by atoms with Crippen LogP contribution in [0.4, 0.5) is 11.8 Å². The first-order chi connectivity index (χ1) is 14.9. The van der Waals surface area contributed by atoms with Crippen molar-refractivity contribution in [3.63, 3.8) is 0 Å². The van der Waals surface area contributed by atoms with Gasteiger partial charge in [0.1, 0.15) is 16.9 Å². The van der Waals surface area contributed by atoms with Gasteiger partial charge in [-0.15, -0.1) is 0 Å². The highest BCUT2D eigenvalue weighted by Crippen LogP contribution is 2.32. The second-order valence-electron chi connectivity index (χ2n) is 8.50. The number of rotatable bonds is 7. The fraction of sp³-hybridized carbons (Fsp3) is 0.522. The number of nitrogens with one attached hydrogen (secondary N) is 1. The molecule has 166 valence electrons. The molecule has 1 aliphatic heterocycles. The van der Waals surface area contributed by atoms with Crippen LogP contribution in [0.2, 0.25) is 5.02 Å². The summed E-state index contributed by atoms with van der Waals surface area (Å²) in [5, 5.41) is 3.47. The molecule has 0 spiro atoms. The summed E-state index contributed by atoms with van der Waals surface area (Å²) in [5.41, 5.74) is 1.05. The topological polar surface area (TPSA) is 70.6 Å². The fourth-order valence-corrected chi connectivity index (χ4v) is 4.32. The van der Waals surface area contributed by atoms with Crippen molar-refractivity contribution in [1.82, 2.24) is 15.3 Å². The third-order valence-corrected chi connectivity index (χ3v) is 6.46. The average molecular weight is 444 g/mol. The quantitative estimate of drug-likeness (QED) is 0.698. The van der Waals surface area contributed by atoms with Crippen LogP contribution < -0.4 is 19.9 Å². The summed E-state index contributed by atoms with van der Waals surface area (Å²) in [6, 6.07) is 8.40. The van der Waals surface area contributed by atoms with Gasteiger partial charge in [-0.2, -0.15) is 4.98 Å². The molecule has 4 rings (SSSR count). The number of anilines is 2. The van der Waals surface area contributed by atoms with E-state index in [9.17, 15) is 4.79 Å². The highest BCUT2D eigenvalue weighted by Gasteiger charge is 2.29. The van der Waals surface area contributed by atoms with Crippen LogP contribution in [0.3, 0.4) is 0 Å². The molecule has 1 aliphatic carbocycles. The monoisotopic (exact) mass is 443 g/mol. The van der Waals surface area contributed by atoms with E-state index in [0.717, 1.165) is 42.6 Å². The molecule has 8 heteroatoms. The predicted octanol–water partition coefficient (Wildman–Crippen LogP) is 3.97. The maximum atomic E-state index is 11.2. The lowest BCUT2D eigenvalue weighted by Gasteiger charge is -2.35. The molecule has 31 heavy (non-hydrogen) atoms. The summed E-state index contributed by atoms with van der Waals surface area (Å²) in [6.45, 7) is 5.06. The molecule has 2 aliphatic rings. The molecule has 2 fully saturated rings. The largest absolute Gasteiger partial charge is 0.489 e. The van der Waals surface area contributed by atoms with Gasteiger partial charge in [-0.25, -0.2) is 4.98 Å². The number of aromatic nitrogens is 2. The van der Waals surface area contributed by atoms with Crippen molar-refractivity contribution >= 4 is 29.3 Å². The number of carbonyl (C=O) groups is 1. The Morgan fingerprint density at radius 1 is 1.29 bits per heavy atom. The number of nitrogens with zero attached hydrogens (tertiary/aromatic N) is 4. The molecule has 7 nitrogen and oxygen atoms in total. The summed E-state index contributed by atoms with van der Waals surface area (Å²) in [5.74, 6) is 2.30. The van der Waals surface area contributed by atoms with Gasteiger partial charge in [0.05, 0.1) is 18.8 Å². The van der Waals surface area contributed by atoms with Crippen LogP contribution in [-0.2, 0) is 4.79 Å². The Morgan fingerprint density at radius 3 is 2.68 bits per heavy atom. The fourth-order valence-electron chi connectivity index (χ4n) is 4.11. The van der Waals surface area contributed by atoms with Crippen molar-refractivity contribution in [2.45, 2.75) is 57.7 Å². The van der Waals surface area contributed by atoms with Crippen molar-refractivity contribution in [1.29, 1.82) is 0 Å². The number of amides is 1. The van der Waals surface area contributed by atoms with Gasteiger partial charge in [0.15, 0.2) is 5.82 Å². The molecule has 2 aromatic rings. The summed E-state index contributed by atoms with van der Waals surface area (Å²) in [7, 11) is 2.06. The summed E-state index contributed by atoms with van der Waals surface area (Å²) >= 11 is 6.44. The Morgan fingerprint density at radius 2 is 2.03 bits per heavy atom. The SMILES string of the molecule is CC(=O)N[C@@H](C)c1ccc(O[C@@H]2CCN(c3nc(N(C)C4CCC4)ncc3Cl)C2)cc1. The number of hydrogen-bond donors (Lipinski definition) is 1. The third-order valence-electron chi connectivity index (χ3n) is 6.20. The van der Waals surface area contributed by atoms with E-state index in [2.05, 4.69) is 27.1 Å². The van der Waals surface area contributed by atoms with Gasteiger partial charge in [-0.1, -0.05) is 23.7 Å². The molecule has 1 saturated heterocycles. The molecule has 1 aromatic heterocycles. The lowest BCUT2D eigenvalue weighted by Crippen LogP contribution is -2.38. The minimum atomic E-state index is -0.0377. The second kappa shape index (κ2) is 9.30. The van der Waals surface area contributed by atoms with Crippen LogP contribution >= 0.6 is 11.6 Å². The number of carbonyl (C=O) groups excluding carboxylic acids is 1. The van der Waals surface area contributed by atoms with Gasteiger partial charge in [0, 0.05) is 33.0 Å². The van der Waals surface area contributed by atoms with Gasteiger partial charge in [-0.05, 0) is 43.9 Å². The highest BCUT2D eigenvalue weighted by atomic mass is 35.5.